The summed E-state index contributed by atoms with van der Waals surface area (Å²) < 4.78 is 0. The van der Waals surface area contributed by atoms with Crippen LogP contribution in [0.2, 0.25) is 0 Å². The van der Waals surface area contributed by atoms with Gasteiger partial charge < -0.3 is 4.90 Å². The van der Waals surface area contributed by atoms with Gasteiger partial charge in [0.15, 0.2) is 5.13 Å². The first-order valence-electron chi connectivity index (χ1n) is 4.60. The van der Waals surface area contributed by atoms with Crippen molar-refractivity contribution in [2.75, 3.05) is 23.9 Å². The van der Waals surface area contributed by atoms with Gasteiger partial charge >= 0.3 is 0 Å². The molecular formula is C9H13ClN2S. The second-order valence-corrected chi connectivity index (χ2v) is 4.64. The van der Waals surface area contributed by atoms with E-state index in [0.717, 1.165) is 36.4 Å². The largest absolute Gasteiger partial charge is 0.348 e. The molecule has 1 aromatic rings. The highest BCUT2D eigenvalue weighted by Crippen LogP contribution is 2.26. The van der Waals surface area contributed by atoms with Crippen LogP contribution in [0.25, 0.3) is 0 Å². The maximum Gasteiger partial charge on any atom is 0.185 e. The zero-order chi connectivity index (χ0) is 9.10. The van der Waals surface area contributed by atoms with Crippen LogP contribution in [-0.4, -0.2) is 24.0 Å². The first-order chi connectivity index (χ1) is 6.40. The van der Waals surface area contributed by atoms with Crippen molar-refractivity contribution in [3.8, 4) is 0 Å². The lowest BCUT2D eigenvalue weighted by molar-refractivity contribution is 0.572. The fourth-order valence-electron chi connectivity index (χ4n) is 1.77. The molecular weight excluding hydrogens is 204 g/mol. The maximum atomic E-state index is 5.72. The summed E-state index contributed by atoms with van der Waals surface area (Å²) >= 11 is 7.44. The number of halogens is 1. The summed E-state index contributed by atoms with van der Waals surface area (Å²) in [5, 5.41) is 3.20. The van der Waals surface area contributed by atoms with Crippen molar-refractivity contribution in [2.45, 2.75) is 12.8 Å². The van der Waals surface area contributed by atoms with Crippen LogP contribution < -0.4 is 4.90 Å². The number of anilines is 1. The number of alkyl halides is 1. The zero-order valence-corrected chi connectivity index (χ0v) is 9.02. The quantitative estimate of drug-likeness (QED) is 0.723. The smallest absolute Gasteiger partial charge is 0.185 e. The lowest BCUT2D eigenvalue weighted by Crippen LogP contribution is -2.19. The molecule has 0 spiro atoms. The molecule has 0 bridgehead atoms. The second-order valence-electron chi connectivity index (χ2n) is 3.39. The highest BCUT2D eigenvalue weighted by atomic mass is 35.5. The van der Waals surface area contributed by atoms with Crippen LogP contribution in [0, 0.1) is 5.92 Å². The summed E-state index contributed by atoms with van der Waals surface area (Å²) in [6.45, 7) is 2.29. The number of hydrogen-bond acceptors (Lipinski definition) is 3. The number of aromatic nitrogens is 1. The van der Waals surface area contributed by atoms with Crippen molar-refractivity contribution >= 4 is 28.1 Å². The van der Waals surface area contributed by atoms with Crippen LogP contribution in [0.3, 0.4) is 0 Å². The van der Waals surface area contributed by atoms with Gasteiger partial charge in [-0.25, -0.2) is 4.98 Å². The molecule has 1 saturated heterocycles. The third-order valence-electron chi connectivity index (χ3n) is 2.49. The number of nitrogens with zero attached hydrogens (tertiary/aromatic N) is 2. The monoisotopic (exact) mass is 216 g/mol. The van der Waals surface area contributed by atoms with Gasteiger partial charge in [0.2, 0.25) is 0 Å². The van der Waals surface area contributed by atoms with E-state index in [0.29, 0.717) is 0 Å². The Kier molecular flexibility index (Phi) is 3.06. The van der Waals surface area contributed by atoms with Crippen LogP contribution in [0.1, 0.15) is 12.8 Å². The van der Waals surface area contributed by atoms with Crippen molar-refractivity contribution < 1.29 is 0 Å². The Hall–Kier alpha value is -0.280. The molecule has 0 aliphatic carbocycles. The minimum Gasteiger partial charge on any atom is -0.348 e. The van der Waals surface area contributed by atoms with Crippen molar-refractivity contribution in [3.05, 3.63) is 11.6 Å². The molecule has 1 unspecified atom stereocenters. The fourth-order valence-corrected chi connectivity index (χ4v) is 2.76. The van der Waals surface area contributed by atoms with E-state index in [1.165, 1.54) is 6.42 Å². The summed E-state index contributed by atoms with van der Waals surface area (Å²) in [5.74, 6) is 1.57. The predicted octanol–water partition coefficient (Wildman–Crippen LogP) is 2.60. The molecule has 1 aromatic heterocycles. The van der Waals surface area contributed by atoms with Gasteiger partial charge in [0.05, 0.1) is 0 Å². The van der Waals surface area contributed by atoms with E-state index in [9.17, 15) is 0 Å². The van der Waals surface area contributed by atoms with Crippen LogP contribution in [0.15, 0.2) is 11.6 Å². The fraction of sp³-hybridized carbons (Fsp3) is 0.667. The molecule has 72 valence electrons. The minimum absolute atomic E-state index is 0.779. The van der Waals surface area contributed by atoms with Crippen LogP contribution >= 0.6 is 22.9 Å². The average molecular weight is 217 g/mol. The molecule has 1 fully saturated rings. The number of thiazole rings is 1. The topological polar surface area (TPSA) is 16.1 Å². The van der Waals surface area contributed by atoms with Gasteiger partial charge in [-0.05, 0) is 18.8 Å². The van der Waals surface area contributed by atoms with E-state index >= 15 is 0 Å². The Balaban J connectivity index is 1.91. The molecule has 2 rings (SSSR count). The summed E-state index contributed by atoms with van der Waals surface area (Å²) in [6, 6.07) is 0. The maximum absolute atomic E-state index is 5.72. The first-order valence-corrected chi connectivity index (χ1v) is 6.02. The van der Waals surface area contributed by atoms with E-state index in [1.54, 1.807) is 11.3 Å². The van der Waals surface area contributed by atoms with Crippen molar-refractivity contribution in [1.82, 2.24) is 4.98 Å². The minimum atomic E-state index is 0.779. The van der Waals surface area contributed by atoms with Gasteiger partial charge in [0.25, 0.3) is 0 Å². The van der Waals surface area contributed by atoms with Gasteiger partial charge in [0.1, 0.15) is 0 Å². The average Bonchev–Trinajstić information content (AvgIpc) is 2.70. The van der Waals surface area contributed by atoms with Crippen molar-refractivity contribution in [1.29, 1.82) is 0 Å². The molecule has 0 aromatic carbocycles. The van der Waals surface area contributed by atoms with Gasteiger partial charge in [-0.3, -0.25) is 0 Å². The molecule has 0 radical (unpaired) electrons. The molecule has 1 aliphatic heterocycles. The standard InChI is InChI=1S/C9H13ClN2S/c10-3-1-8-2-5-12(7-8)9-11-4-6-13-9/h4,6,8H,1-3,5,7H2. The molecule has 2 heterocycles. The molecule has 0 saturated carbocycles. The van der Waals surface area contributed by atoms with Crippen LogP contribution in [-0.2, 0) is 0 Å². The van der Waals surface area contributed by atoms with Gasteiger partial charge in [-0.15, -0.1) is 22.9 Å². The summed E-state index contributed by atoms with van der Waals surface area (Å²) in [4.78, 5) is 6.67. The first kappa shape index (κ1) is 9.28. The zero-order valence-electron chi connectivity index (χ0n) is 7.45. The van der Waals surface area contributed by atoms with E-state index in [-0.39, 0.29) is 0 Å². The molecule has 1 atom stereocenters. The Morgan fingerprint density at radius 3 is 3.31 bits per heavy atom. The SMILES string of the molecule is ClCCC1CCN(c2nccs2)C1. The third kappa shape index (κ3) is 2.15. The van der Waals surface area contributed by atoms with Crippen molar-refractivity contribution in [2.24, 2.45) is 5.92 Å². The molecule has 0 amide bonds. The Bertz CT molecular complexity index is 250. The Morgan fingerprint density at radius 2 is 2.62 bits per heavy atom. The predicted molar refractivity (Wildman–Crippen MR) is 57.8 cm³/mol. The highest BCUT2D eigenvalue weighted by molar-refractivity contribution is 7.13. The molecule has 2 nitrogen and oxygen atoms in total. The van der Waals surface area contributed by atoms with E-state index in [2.05, 4.69) is 9.88 Å². The molecule has 4 heteroatoms. The highest BCUT2D eigenvalue weighted by Gasteiger charge is 2.23. The Labute approximate surface area is 87.5 Å². The number of hydrogen-bond donors (Lipinski definition) is 0. The third-order valence-corrected chi connectivity index (χ3v) is 3.54. The second kappa shape index (κ2) is 4.29. The lowest BCUT2D eigenvalue weighted by Gasteiger charge is -2.13. The molecule has 1 aliphatic rings. The van der Waals surface area contributed by atoms with Gasteiger partial charge in [0, 0.05) is 30.5 Å². The van der Waals surface area contributed by atoms with Crippen molar-refractivity contribution in [3.63, 3.8) is 0 Å². The molecule has 13 heavy (non-hydrogen) atoms. The Morgan fingerprint density at radius 1 is 1.69 bits per heavy atom. The van der Waals surface area contributed by atoms with E-state index < -0.39 is 0 Å². The summed E-state index contributed by atoms with van der Waals surface area (Å²) in [7, 11) is 0. The van der Waals surface area contributed by atoms with Gasteiger partial charge in [-0.1, -0.05) is 0 Å². The summed E-state index contributed by atoms with van der Waals surface area (Å²) in [6.07, 6.45) is 4.28. The summed E-state index contributed by atoms with van der Waals surface area (Å²) in [5.41, 5.74) is 0. The lowest BCUT2D eigenvalue weighted by atomic mass is 10.1. The molecule has 0 N–H and O–H groups in total. The van der Waals surface area contributed by atoms with E-state index in [1.807, 2.05) is 11.6 Å². The van der Waals surface area contributed by atoms with Crippen LogP contribution in [0.5, 0.6) is 0 Å². The van der Waals surface area contributed by atoms with Gasteiger partial charge in [-0.2, -0.15) is 0 Å². The van der Waals surface area contributed by atoms with E-state index in [4.69, 9.17) is 11.6 Å². The number of rotatable bonds is 3. The van der Waals surface area contributed by atoms with Crippen LogP contribution in [0.4, 0.5) is 5.13 Å². The normalized spacial score (nSPS) is 22.5.